The Morgan fingerprint density at radius 3 is 2.10 bits per heavy atom. The maximum absolute atomic E-state index is 12.9. The summed E-state index contributed by atoms with van der Waals surface area (Å²) in [4.78, 5) is 104. The molecule has 432 valence electrons. The summed E-state index contributed by atoms with van der Waals surface area (Å²) in [6.45, 7) is -4.17. The van der Waals surface area contributed by atoms with Crippen LogP contribution in [0.1, 0.15) is 29.9 Å². The second-order valence-electron chi connectivity index (χ2n) is 17.2. The number of carbonyl (C=O) groups excluding carboxylic acids is 4. The van der Waals surface area contributed by atoms with E-state index >= 15 is 0 Å². The third-order valence-corrected chi connectivity index (χ3v) is 12.7. The van der Waals surface area contributed by atoms with Crippen LogP contribution in [0.2, 0.25) is 0 Å². The number of aliphatic carboxylic acids is 1. The molecule has 1 aromatic heterocycles. The van der Waals surface area contributed by atoms with Gasteiger partial charge >= 0.3 is 31.7 Å². The number of amides is 4. The van der Waals surface area contributed by atoms with Crippen molar-refractivity contribution in [3.8, 4) is 11.1 Å². The van der Waals surface area contributed by atoms with Gasteiger partial charge < -0.3 is 85.9 Å². The molecule has 2 aliphatic rings. The van der Waals surface area contributed by atoms with E-state index in [0.717, 1.165) is 26.8 Å². The Kier molecular flexibility index (Phi) is 25.0. The van der Waals surface area contributed by atoms with Gasteiger partial charge in [0.15, 0.2) is 6.61 Å². The van der Waals surface area contributed by atoms with Gasteiger partial charge in [-0.3, -0.25) is 23.8 Å². The first-order valence-corrected chi connectivity index (χ1v) is 25.6. The molecule has 32 heteroatoms. The zero-order chi connectivity index (χ0) is 56.8. The van der Waals surface area contributed by atoms with Crippen molar-refractivity contribution >= 4 is 43.8 Å². The molecule has 1 fully saturated rings. The number of nitrogens with zero attached hydrogens (tertiary/aromatic N) is 2. The van der Waals surface area contributed by atoms with Gasteiger partial charge in [0.2, 0.25) is 17.7 Å². The number of fused-ring (bicyclic) bond motifs is 3. The summed E-state index contributed by atoms with van der Waals surface area (Å²) in [7, 11) is -5.43. The van der Waals surface area contributed by atoms with E-state index in [-0.39, 0.29) is 70.9 Å². The number of rotatable bonds is 34. The molecule has 15 N–H and O–H groups in total. The highest BCUT2D eigenvalue weighted by Gasteiger charge is 2.63. The van der Waals surface area contributed by atoms with E-state index in [0.29, 0.717) is 0 Å². The SMILES string of the molecule is Nc1ccn(CO[C@H](CO[P+](O)(O)O[C@@]2(C(=O)O)CC(O)[C@@H](NC(=O)CNC(=O)CCOCCOCCOCCNC(=O)CONC(=O)OCC3c4ccccc4-c4ccccc43)C([C@H](O)[C@H](O)CO)O2)C(O)CO)c(=O)n1. The Labute approximate surface area is 444 Å². The Balaban J connectivity index is 0.928. The van der Waals surface area contributed by atoms with Crippen molar-refractivity contribution in [2.75, 3.05) is 91.5 Å². The van der Waals surface area contributed by atoms with Crippen LogP contribution in [-0.2, 0) is 68.2 Å². The summed E-state index contributed by atoms with van der Waals surface area (Å²) in [5.74, 6) is -7.91. The van der Waals surface area contributed by atoms with Gasteiger partial charge in [-0.05, 0) is 28.3 Å². The van der Waals surface area contributed by atoms with Crippen LogP contribution in [0.5, 0.6) is 0 Å². The quantitative estimate of drug-likeness (QED) is 0.0152. The molecule has 0 bridgehead atoms. The van der Waals surface area contributed by atoms with Crippen molar-refractivity contribution < 1.29 is 112 Å². The molecule has 3 aromatic rings. The number of carbonyl (C=O) groups is 5. The maximum atomic E-state index is 12.9. The molecule has 1 aliphatic heterocycles. The fourth-order valence-electron chi connectivity index (χ4n) is 7.79. The minimum Gasteiger partial charge on any atom is -0.477 e. The molecule has 1 aliphatic carbocycles. The van der Waals surface area contributed by atoms with E-state index in [2.05, 4.69) is 26.4 Å². The van der Waals surface area contributed by atoms with Crippen molar-refractivity contribution in [1.29, 1.82) is 0 Å². The number of benzene rings is 2. The minimum absolute atomic E-state index is 0.0782. The minimum atomic E-state index is -5.43. The third kappa shape index (κ3) is 18.9. The number of aliphatic hydroxyl groups excluding tert-OH is 6. The number of carboxylic acid groups (broad SMARTS) is 1. The molecule has 0 radical (unpaired) electrons. The van der Waals surface area contributed by atoms with Crippen molar-refractivity contribution in [3.63, 3.8) is 0 Å². The zero-order valence-electron chi connectivity index (χ0n) is 41.8. The number of hydrogen-bond acceptors (Lipinski definition) is 25. The van der Waals surface area contributed by atoms with Crippen molar-refractivity contribution in [2.45, 2.75) is 73.9 Å². The summed E-state index contributed by atoms with van der Waals surface area (Å²) < 4.78 is 43.1. The highest BCUT2D eigenvalue weighted by molar-refractivity contribution is 7.54. The molecule has 2 heterocycles. The number of hydroxylamine groups is 1. The summed E-state index contributed by atoms with van der Waals surface area (Å²) in [6.07, 6.45) is -13.2. The Bertz CT molecular complexity index is 2450. The lowest BCUT2D eigenvalue weighted by atomic mass is 9.88. The number of nitrogen functional groups attached to an aromatic ring is 1. The van der Waals surface area contributed by atoms with Gasteiger partial charge in [0, 0.05) is 31.5 Å². The highest BCUT2D eigenvalue weighted by atomic mass is 31.2. The number of nitrogens with two attached hydrogens (primary N) is 1. The van der Waals surface area contributed by atoms with Crippen LogP contribution in [0.3, 0.4) is 0 Å². The standard InChI is InChI=1S/C46H64N7O24P/c47-36-9-12-53(44(65)50-36)26-73-35(33(57)21-54)24-75-78(67,68)77-46(43(63)64)19-32(56)40(42(76-46)41(62)34(58)22-55)51-38(60)20-49-37(59)10-13-69-15-17-71-18-16-70-14-11-48-39(61)25-74-52-45(66)72-23-31-29-7-3-1-5-27(29)28-6-2-4-8-30(28)31/h1-9,12,31-35,40-42,54-58,62,67-68H,10-11,13-26H2,(H6-,47,48,49,50,51,52,59,60,61,63,64,65,66)/p+1/t32?,33?,34-,35-,40-,41-,42?,46-/m1/s1. The van der Waals surface area contributed by atoms with Crippen molar-refractivity contribution in [2.24, 2.45) is 0 Å². The molecule has 78 heavy (non-hydrogen) atoms. The molecular weight excluding hydrogens is 1070 g/mol. The number of nitrogens with one attached hydrogen (secondary N) is 4. The van der Waals surface area contributed by atoms with E-state index in [1.165, 1.54) is 12.3 Å². The summed E-state index contributed by atoms with van der Waals surface area (Å²) in [5, 5.41) is 78.7. The van der Waals surface area contributed by atoms with Gasteiger partial charge in [0.1, 0.15) is 56.3 Å². The Morgan fingerprint density at radius 1 is 0.846 bits per heavy atom. The van der Waals surface area contributed by atoms with Crippen LogP contribution in [-0.4, -0.2) is 219 Å². The lowest BCUT2D eigenvalue weighted by Gasteiger charge is -2.45. The number of hydrogen-bond donors (Lipinski definition) is 14. The third-order valence-electron chi connectivity index (χ3n) is 11.7. The number of aliphatic hydroxyl groups is 6. The fourth-order valence-corrected chi connectivity index (χ4v) is 8.77. The molecule has 3 unspecified atom stereocenters. The van der Waals surface area contributed by atoms with Crippen LogP contribution in [0.15, 0.2) is 65.6 Å². The van der Waals surface area contributed by atoms with Gasteiger partial charge in [-0.25, -0.2) is 14.4 Å². The van der Waals surface area contributed by atoms with Crippen LogP contribution in [0.25, 0.3) is 11.1 Å². The average molecular weight is 1130 g/mol. The maximum Gasteiger partial charge on any atom is 0.573 e. The fraction of sp³-hybridized carbons (Fsp3) is 0.543. The summed E-state index contributed by atoms with van der Waals surface area (Å²) in [6, 6.07) is 15.2. The topological polar surface area (TPSA) is 460 Å². The van der Waals surface area contributed by atoms with Gasteiger partial charge in [-0.1, -0.05) is 48.5 Å². The Hall–Kier alpha value is -5.94. The van der Waals surface area contributed by atoms with E-state index in [1.54, 1.807) is 0 Å². The summed E-state index contributed by atoms with van der Waals surface area (Å²) >= 11 is 0. The van der Waals surface area contributed by atoms with E-state index in [4.69, 9.17) is 48.0 Å². The molecule has 2 aromatic carbocycles. The smallest absolute Gasteiger partial charge is 0.477 e. The number of aromatic nitrogens is 2. The van der Waals surface area contributed by atoms with E-state index in [9.17, 15) is 74.3 Å². The largest absolute Gasteiger partial charge is 0.573 e. The van der Waals surface area contributed by atoms with Gasteiger partial charge in [-0.15, -0.1) is 4.52 Å². The van der Waals surface area contributed by atoms with Crippen molar-refractivity contribution in [3.05, 3.63) is 82.4 Å². The summed E-state index contributed by atoms with van der Waals surface area (Å²) in [5.41, 5.74) is 10.9. The predicted molar refractivity (Wildman–Crippen MR) is 263 cm³/mol. The van der Waals surface area contributed by atoms with Gasteiger partial charge in [0.25, 0.3) is 0 Å². The average Bonchev–Trinajstić information content (AvgIpc) is 3.75. The van der Waals surface area contributed by atoms with Crippen LogP contribution >= 0.6 is 8.17 Å². The number of anilines is 1. The first kappa shape index (κ1) is 62.9. The molecular formula is C46H65N7O24P+. The highest BCUT2D eigenvalue weighted by Crippen LogP contribution is 2.58. The normalized spacial score (nSPS) is 19.6. The predicted octanol–water partition coefficient (Wildman–Crippen LogP) is -4.51. The lowest BCUT2D eigenvalue weighted by molar-refractivity contribution is -0.291. The first-order valence-electron chi connectivity index (χ1n) is 24.1. The van der Waals surface area contributed by atoms with Crippen molar-refractivity contribution in [1.82, 2.24) is 31.0 Å². The van der Waals surface area contributed by atoms with Gasteiger partial charge in [-0.2, -0.15) is 24.8 Å². The van der Waals surface area contributed by atoms with Crippen LogP contribution < -0.4 is 32.9 Å². The van der Waals surface area contributed by atoms with Crippen LogP contribution in [0.4, 0.5) is 10.6 Å². The number of ether oxygens (including phenoxy) is 6. The molecule has 4 amide bonds. The van der Waals surface area contributed by atoms with Crippen LogP contribution in [0, 0.1) is 0 Å². The van der Waals surface area contributed by atoms with E-state index < -0.39 is 138 Å². The molecule has 0 saturated carbocycles. The molecule has 8 atom stereocenters. The molecule has 1 saturated heterocycles. The first-order chi connectivity index (χ1) is 37.3. The van der Waals surface area contributed by atoms with E-state index in [1.807, 2.05) is 48.5 Å². The molecule has 0 spiro atoms. The second kappa shape index (κ2) is 31.0. The Morgan fingerprint density at radius 2 is 1.47 bits per heavy atom. The molecule has 31 nitrogen and oxygen atoms in total. The monoisotopic (exact) mass is 1130 g/mol. The zero-order valence-corrected chi connectivity index (χ0v) is 42.7. The second-order valence-corrected chi connectivity index (χ2v) is 18.7. The van der Waals surface area contributed by atoms with Gasteiger partial charge in [0.05, 0.1) is 71.5 Å². The number of carboxylic acids is 1. The lowest BCUT2D eigenvalue weighted by Crippen LogP contribution is -2.68. The molecule has 5 rings (SSSR count).